The van der Waals surface area contributed by atoms with Gasteiger partial charge in [-0.05, 0) is 43.3 Å². The smallest absolute Gasteiger partial charge is 0.124 e. The zero-order chi connectivity index (χ0) is 14.4. The maximum Gasteiger partial charge on any atom is 0.124 e. The van der Waals surface area contributed by atoms with E-state index in [2.05, 4.69) is 12.2 Å². The minimum Gasteiger partial charge on any atom is -0.488 e. The van der Waals surface area contributed by atoms with Gasteiger partial charge in [0.05, 0.1) is 4.34 Å². The minimum absolute atomic E-state index is 0.528. The molecular formula is C15H17Cl2NOS. The van der Waals surface area contributed by atoms with Gasteiger partial charge in [0.1, 0.15) is 12.4 Å². The molecule has 0 spiro atoms. The van der Waals surface area contributed by atoms with Crippen LogP contribution in [-0.4, -0.2) is 6.54 Å². The van der Waals surface area contributed by atoms with Gasteiger partial charge in [0.25, 0.3) is 0 Å². The van der Waals surface area contributed by atoms with Crippen molar-refractivity contribution in [2.24, 2.45) is 0 Å². The molecule has 1 N–H and O–H groups in total. The summed E-state index contributed by atoms with van der Waals surface area (Å²) in [7, 11) is 0. The van der Waals surface area contributed by atoms with Gasteiger partial charge in [-0.2, -0.15) is 0 Å². The number of ether oxygens (including phenoxy) is 1. The molecule has 2 rings (SSSR count). The number of hydrogen-bond acceptors (Lipinski definition) is 3. The normalized spacial score (nSPS) is 10.8. The molecule has 20 heavy (non-hydrogen) atoms. The Labute approximate surface area is 133 Å². The third kappa shape index (κ3) is 4.67. The number of thiophene rings is 1. The van der Waals surface area contributed by atoms with Gasteiger partial charge in [-0.25, -0.2) is 0 Å². The zero-order valence-corrected chi connectivity index (χ0v) is 13.6. The second-order valence-corrected chi connectivity index (χ2v) is 6.66. The van der Waals surface area contributed by atoms with E-state index in [1.807, 2.05) is 30.3 Å². The lowest BCUT2D eigenvalue weighted by molar-refractivity contribution is 0.305. The average molecular weight is 330 g/mol. The summed E-state index contributed by atoms with van der Waals surface area (Å²) in [5, 5.41) is 4.09. The average Bonchev–Trinajstić information content (AvgIpc) is 2.84. The molecule has 0 bridgehead atoms. The molecule has 0 aliphatic rings. The summed E-state index contributed by atoms with van der Waals surface area (Å²) >= 11 is 13.5. The van der Waals surface area contributed by atoms with Crippen molar-refractivity contribution in [1.29, 1.82) is 0 Å². The van der Waals surface area contributed by atoms with Crippen molar-refractivity contribution in [2.45, 2.75) is 26.5 Å². The highest BCUT2D eigenvalue weighted by Crippen LogP contribution is 2.26. The molecule has 5 heteroatoms. The van der Waals surface area contributed by atoms with Crippen LogP contribution in [0.15, 0.2) is 30.3 Å². The fourth-order valence-corrected chi connectivity index (χ4v) is 3.00. The Kier molecular flexibility index (Phi) is 6.17. The topological polar surface area (TPSA) is 21.3 Å². The van der Waals surface area contributed by atoms with Gasteiger partial charge >= 0.3 is 0 Å². The first kappa shape index (κ1) is 15.6. The Bertz CT molecular complexity index is 557. The highest BCUT2D eigenvalue weighted by atomic mass is 35.5. The summed E-state index contributed by atoms with van der Waals surface area (Å²) in [6.07, 6.45) is 1.10. The molecule has 0 atom stereocenters. The van der Waals surface area contributed by atoms with Gasteiger partial charge in [0.2, 0.25) is 0 Å². The van der Waals surface area contributed by atoms with Crippen molar-refractivity contribution in [3.8, 4) is 5.75 Å². The fraction of sp³-hybridized carbons (Fsp3) is 0.333. The first-order chi connectivity index (χ1) is 9.69. The Balaban J connectivity index is 2.01. The van der Waals surface area contributed by atoms with Crippen LogP contribution in [0.25, 0.3) is 0 Å². The molecule has 0 aliphatic carbocycles. The van der Waals surface area contributed by atoms with E-state index in [0.29, 0.717) is 6.61 Å². The molecule has 2 aromatic rings. The van der Waals surface area contributed by atoms with E-state index in [1.165, 1.54) is 11.3 Å². The lowest BCUT2D eigenvalue weighted by atomic mass is 10.2. The first-order valence-corrected chi connectivity index (χ1v) is 8.12. The molecule has 0 saturated heterocycles. The summed E-state index contributed by atoms with van der Waals surface area (Å²) in [6, 6.07) is 9.58. The number of rotatable bonds is 7. The van der Waals surface area contributed by atoms with Crippen molar-refractivity contribution in [3.05, 3.63) is 50.1 Å². The maximum atomic E-state index is 6.05. The van der Waals surface area contributed by atoms with Crippen LogP contribution in [0.4, 0.5) is 0 Å². The summed E-state index contributed by atoms with van der Waals surface area (Å²) in [5.41, 5.74) is 1.08. The molecule has 0 saturated carbocycles. The summed E-state index contributed by atoms with van der Waals surface area (Å²) in [6.45, 7) is 4.41. The first-order valence-electron chi connectivity index (χ1n) is 6.55. The quantitative estimate of drug-likeness (QED) is 0.710. The van der Waals surface area contributed by atoms with Gasteiger partial charge in [-0.1, -0.05) is 30.1 Å². The van der Waals surface area contributed by atoms with Crippen molar-refractivity contribution in [2.75, 3.05) is 6.54 Å². The van der Waals surface area contributed by atoms with Crippen LogP contribution in [0.3, 0.4) is 0 Å². The molecule has 0 amide bonds. The van der Waals surface area contributed by atoms with Gasteiger partial charge in [0, 0.05) is 22.0 Å². The largest absolute Gasteiger partial charge is 0.488 e. The van der Waals surface area contributed by atoms with Crippen molar-refractivity contribution in [1.82, 2.24) is 5.32 Å². The van der Waals surface area contributed by atoms with Crippen LogP contribution < -0.4 is 10.1 Å². The van der Waals surface area contributed by atoms with Crippen LogP contribution in [-0.2, 0) is 13.2 Å². The molecule has 108 valence electrons. The lowest BCUT2D eigenvalue weighted by Gasteiger charge is -2.12. The van der Waals surface area contributed by atoms with Crippen LogP contribution in [0.2, 0.25) is 9.36 Å². The summed E-state index contributed by atoms with van der Waals surface area (Å²) in [5.74, 6) is 0.863. The highest BCUT2D eigenvalue weighted by molar-refractivity contribution is 7.16. The van der Waals surface area contributed by atoms with E-state index in [4.69, 9.17) is 27.9 Å². The maximum absolute atomic E-state index is 6.05. The summed E-state index contributed by atoms with van der Waals surface area (Å²) in [4.78, 5) is 1.11. The lowest BCUT2D eigenvalue weighted by Crippen LogP contribution is -2.14. The molecule has 1 aromatic heterocycles. The van der Waals surface area contributed by atoms with E-state index < -0.39 is 0 Å². The number of halogens is 2. The van der Waals surface area contributed by atoms with Crippen LogP contribution >= 0.6 is 34.5 Å². The van der Waals surface area contributed by atoms with Crippen LogP contribution in [0.5, 0.6) is 5.75 Å². The Hall–Kier alpha value is -0.740. The number of benzene rings is 1. The minimum atomic E-state index is 0.528. The van der Waals surface area contributed by atoms with Gasteiger partial charge in [-0.3, -0.25) is 0 Å². The third-order valence-corrected chi connectivity index (χ3v) is 4.20. The van der Waals surface area contributed by atoms with Crippen LogP contribution in [0, 0.1) is 0 Å². The SMILES string of the molecule is CCCNCc1cc(Cl)ccc1OCc1ccc(Cl)s1. The van der Waals surface area contributed by atoms with E-state index >= 15 is 0 Å². The highest BCUT2D eigenvalue weighted by Gasteiger charge is 2.06. The standard InChI is InChI=1S/C15H17Cl2NOS/c1-2-7-18-9-11-8-12(16)3-5-14(11)19-10-13-4-6-15(17)20-13/h3-6,8,18H,2,7,9-10H2,1H3. The number of hydrogen-bond donors (Lipinski definition) is 1. The van der Waals surface area contributed by atoms with Gasteiger partial charge in [-0.15, -0.1) is 11.3 Å². The van der Waals surface area contributed by atoms with Crippen molar-refractivity contribution < 1.29 is 4.74 Å². The molecule has 0 radical (unpaired) electrons. The number of nitrogens with one attached hydrogen (secondary N) is 1. The van der Waals surface area contributed by atoms with Gasteiger partial charge < -0.3 is 10.1 Å². The van der Waals surface area contributed by atoms with Gasteiger partial charge in [0.15, 0.2) is 0 Å². The van der Waals surface area contributed by atoms with E-state index in [1.54, 1.807) is 0 Å². The van der Waals surface area contributed by atoms with E-state index in [-0.39, 0.29) is 0 Å². The second-order valence-electron chi connectivity index (χ2n) is 4.42. The Morgan fingerprint density at radius 1 is 1.20 bits per heavy atom. The molecule has 0 unspecified atom stereocenters. The predicted molar refractivity (Wildman–Crippen MR) is 87.1 cm³/mol. The fourth-order valence-electron chi connectivity index (χ4n) is 1.81. The molecule has 1 heterocycles. The Morgan fingerprint density at radius 2 is 2.05 bits per heavy atom. The van der Waals surface area contributed by atoms with E-state index in [9.17, 15) is 0 Å². The van der Waals surface area contributed by atoms with E-state index in [0.717, 1.165) is 45.1 Å². The van der Waals surface area contributed by atoms with Crippen LogP contribution in [0.1, 0.15) is 23.8 Å². The third-order valence-electron chi connectivity index (χ3n) is 2.76. The second kappa shape index (κ2) is 7.89. The summed E-state index contributed by atoms with van der Waals surface area (Å²) < 4.78 is 6.66. The molecule has 0 fully saturated rings. The Morgan fingerprint density at radius 3 is 2.75 bits per heavy atom. The predicted octanol–water partition coefficient (Wildman–Crippen LogP) is 5.13. The molecule has 2 nitrogen and oxygen atoms in total. The molecule has 0 aliphatic heterocycles. The zero-order valence-electron chi connectivity index (χ0n) is 11.3. The van der Waals surface area contributed by atoms with Crippen molar-refractivity contribution in [3.63, 3.8) is 0 Å². The molecule has 1 aromatic carbocycles. The monoisotopic (exact) mass is 329 g/mol. The van der Waals surface area contributed by atoms with Crippen molar-refractivity contribution >= 4 is 34.5 Å². The molecular weight excluding hydrogens is 313 g/mol.